The molecule has 0 N–H and O–H groups in total. The van der Waals surface area contributed by atoms with Gasteiger partial charge in [-0.3, -0.25) is 24.0 Å². The Balaban J connectivity index is 0.000000285. The maximum atomic E-state index is 13.3. The van der Waals surface area contributed by atoms with Crippen molar-refractivity contribution >= 4 is 86.8 Å². The number of carbonyl (C=O) groups excluding carboxylic acids is 11. The van der Waals surface area contributed by atoms with E-state index >= 15 is 0 Å². The number of fused-ring (bicyclic) bond motifs is 1. The molecule has 7 aromatic rings. The maximum absolute atomic E-state index is 13.3. The first-order valence-corrected chi connectivity index (χ1v) is 52.7. The van der Waals surface area contributed by atoms with E-state index in [1.165, 1.54) is 74.0 Å². The first kappa shape index (κ1) is 123. The third-order valence-electron chi connectivity index (χ3n) is 25.8. The van der Waals surface area contributed by atoms with Gasteiger partial charge in [-0.1, -0.05) is 120 Å². The van der Waals surface area contributed by atoms with E-state index in [2.05, 4.69) is 76.2 Å². The topological polar surface area (TPSA) is 348 Å². The summed E-state index contributed by atoms with van der Waals surface area (Å²) >= 11 is 1.40. The van der Waals surface area contributed by atoms with Crippen molar-refractivity contribution in [3.8, 4) is 61.9 Å². The van der Waals surface area contributed by atoms with Gasteiger partial charge in [0.05, 0.1) is 116 Å². The predicted octanol–water partition coefficient (Wildman–Crippen LogP) is 24.4. The minimum absolute atomic E-state index is 0.0139. The fraction of sp³-hybridized carbons (Fsp3) is 0.508. The van der Waals surface area contributed by atoms with Crippen molar-refractivity contribution in [2.45, 2.75) is 258 Å². The highest BCUT2D eigenvalue weighted by molar-refractivity contribution is 7.22. The van der Waals surface area contributed by atoms with Crippen LogP contribution in [0.2, 0.25) is 0 Å². The van der Waals surface area contributed by atoms with E-state index in [9.17, 15) is 52.7 Å². The lowest BCUT2D eigenvalue weighted by Crippen LogP contribution is -2.28. The number of ketones is 2. The Bertz CT molecular complexity index is 4990. The third-order valence-corrected chi connectivity index (χ3v) is 26.9. The Hall–Kier alpha value is -12.6. The maximum Gasteiger partial charge on any atom is 0.338 e. The number of carbonyl (C=O) groups is 11. The van der Waals surface area contributed by atoms with Gasteiger partial charge in [-0.15, -0.1) is 11.3 Å². The lowest BCUT2D eigenvalue weighted by molar-refractivity contribution is -0.151. The first-order valence-electron chi connectivity index (χ1n) is 51.9. The molecular weight excluding hydrogens is 1900 g/mol. The SMILES string of the molecule is C=CC(=O)OCCCCCCC1CCC(OC)CC1.C=CC(=O)OCCCCCCOC(=O)c1ccc(OC)cc1.C=CC(=O)OCCCCCCOc1ccc(OC)cc1.C=CC(=O)OCCCCOC(=O)C1CCC(OC)CC1.C=CC(=O)OCCCCOc1ccc(OC)cc1.CCCc1ccc(-c2ccc(-c3nc4c(OC(=O)C5CCC(C(C)=O)CC5)ccc(OC(=O)C5CCC(C(C)=O)CC5)c4s3)cc2)cc1. The van der Waals surface area contributed by atoms with E-state index < -0.39 is 11.9 Å². The largest absolute Gasteiger partial charge is 0.497 e. The van der Waals surface area contributed by atoms with E-state index in [4.69, 9.17) is 80.8 Å². The van der Waals surface area contributed by atoms with Crippen molar-refractivity contribution in [1.82, 2.24) is 4.98 Å². The van der Waals surface area contributed by atoms with Crippen LogP contribution in [0.15, 0.2) is 197 Å². The van der Waals surface area contributed by atoms with E-state index in [0.29, 0.717) is 169 Å². The van der Waals surface area contributed by atoms with E-state index in [1.807, 2.05) is 67.8 Å². The van der Waals surface area contributed by atoms with Gasteiger partial charge in [0.15, 0.2) is 11.5 Å². The molecule has 0 atom stereocenters. The smallest absolute Gasteiger partial charge is 0.338 e. The van der Waals surface area contributed by atoms with Crippen LogP contribution < -0.4 is 33.2 Å². The second-order valence-corrected chi connectivity index (χ2v) is 37.4. The lowest BCUT2D eigenvalue weighted by atomic mass is 9.80. The number of hydrogen-bond donors (Lipinski definition) is 0. The highest BCUT2D eigenvalue weighted by Gasteiger charge is 2.34. The molecule has 0 unspecified atom stereocenters. The molecule has 0 aliphatic heterocycles. The molecule has 0 amide bonds. The minimum Gasteiger partial charge on any atom is -0.497 e. The molecule has 4 aliphatic carbocycles. The Labute approximate surface area is 873 Å². The molecule has 28 nitrogen and oxygen atoms in total. The molecule has 1 heterocycles. The fourth-order valence-electron chi connectivity index (χ4n) is 16.8. The molecule has 29 heteroatoms. The highest BCUT2D eigenvalue weighted by atomic mass is 32.1. The Morgan fingerprint density at radius 1 is 0.327 bits per heavy atom. The zero-order valence-electron chi connectivity index (χ0n) is 87.7. The van der Waals surface area contributed by atoms with Crippen molar-refractivity contribution in [2.24, 2.45) is 35.5 Å². The van der Waals surface area contributed by atoms with Gasteiger partial charge in [-0.25, -0.2) is 33.8 Å². The number of Topliss-reactive ketones (excluding diaryl/α,β-unsaturated/α-hetero) is 2. The van der Waals surface area contributed by atoms with Crippen molar-refractivity contribution in [2.75, 3.05) is 95.0 Å². The van der Waals surface area contributed by atoms with E-state index in [0.717, 1.165) is 184 Å². The second kappa shape index (κ2) is 73.5. The van der Waals surface area contributed by atoms with Crippen LogP contribution in [0.3, 0.4) is 0 Å². The Morgan fingerprint density at radius 2 is 0.639 bits per heavy atom. The summed E-state index contributed by atoms with van der Waals surface area (Å²) in [5.41, 5.74) is 5.46. The number of thiazole rings is 1. The molecule has 4 aliphatic rings. The molecule has 1 aromatic heterocycles. The average molecular weight is 2050 g/mol. The van der Waals surface area contributed by atoms with Gasteiger partial charge >= 0.3 is 53.7 Å². The second-order valence-electron chi connectivity index (χ2n) is 36.4. The fourth-order valence-corrected chi connectivity index (χ4v) is 17.8. The molecule has 0 bridgehead atoms. The lowest BCUT2D eigenvalue weighted by Gasteiger charge is -2.27. The van der Waals surface area contributed by atoms with Gasteiger partial charge in [0.25, 0.3) is 0 Å². The third kappa shape index (κ3) is 49.6. The van der Waals surface area contributed by atoms with Gasteiger partial charge in [-0.05, 0) is 314 Å². The normalized spacial score (nSPS) is 16.8. The number of aryl methyl sites for hydroxylation is 1. The molecule has 0 saturated heterocycles. The number of benzene rings is 6. The zero-order valence-corrected chi connectivity index (χ0v) is 88.6. The molecule has 802 valence electrons. The van der Waals surface area contributed by atoms with E-state index in [-0.39, 0.29) is 82.9 Å². The van der Waals surface area contributed by atoms with Gasteiger partial charge in [-0.2, -0.15) is 0 Å². The molecule has 6 aromatic carbocycles. The summed E-state index contributed by atoms with van der Waals surface area (Å²) in [7, 11) is 8.38. The van der Waals surface area contributed by atoms with Crippen molar-refractivity contribution in [3.63, 3.8) is 0 Å². The number of hydrogen-bond acceptors (Lipinski definition) is 29. The van der Waals surface area contributed by atoms with Crippen molar-refractivity contribution in [1.29, 1.82) is 0 Å². The molecule has 0 spiro atoms. The summed E-state index contributed by atoms with van der Waals surface area (Å²) in [6.45, 7) is 26.3. The highest BCUT2D eigenvalue weighted by Crippen LogP contribution is 2.44. The number of methoxy groups -OCH3 is 5. The first-order chi connectivity index (χ1) is 71.3. The van der Waals surface area contributed by atoms with Crippen LogP contribution in [-0.4, -0.2) is 177 Å². The molecule has 147 heavy (non-hydrogen) atoms. The number of ether oxygens (including phenoxy) is 16. The van der Waals surface area contributed by atoms with Crippen LogP contribution in [0.25, 0.3) is 31.9 Å². The molecule has 0 radical (unpaired) electrons. The van der Waals surface area contributed by atoms with Crippen LogP contribution >= 0.6 is 11.3 Å². The summed E-state index contributed by atoms with van der Waals surface area (Å²) < 4.78 is 84.4. The van der Waals surface area contributed by atoms with Gasteiger partial charge in [0.2, 0.25) is 0 Å². The number of rotatable bonds is 55. The number of aromatic nitrogens is 1. The van der Waals surface area contributed by atoms with Crippen LogP contribution in [0.1, 0.15) is 255 Å². The van der Waals surface area contributed by atoms with E-state index in [1.54, 1.807) is 78.7 Å². The number of nitrogens with zero attached hydrogens (tertiary/aromatic N) is 1. The average Bonchev–Trinajstić information content (AvgIpc) is 1.63. The summed E-state index contributed by atoms with van der Waals surface area (Å²) in [5.74, 6) is 2.53. The Morgan fingerprint density at radius 3 is 1.03 bits per heavy atom. The summed E-state index contributed by atoms with van der Waals surface area (Å²) in [5, 5.41) is 0.722. The van der Waals surface area contributed by atoms with Crippen LogP contribution in [0, 0.1) is 35.5 Å². The summed E-state index contributed by atoms with van der Waals surface area (Å²) in [6, 6.07) is 42.0. The van der Waals surface area contributed by atoms with Gasteiger partial charge in [0, 0.05) is 62.0 Å². The monoisotopic (exact) mass is 2050 g/mol. The van der Waals surface area contributed by atoms with Crippen LogP contribution in [-0.2, 0) is 97.0 Å². The van der Waals surface area contributed by atoms with Crippen LogP contribution in [0.4, 0.5) is 0 Å². The standard InChI is InChI=1S/C40H43NO6S.C17H22O5.C16H22O4.C16H28O3.C15H24O5.C14H18O4/c1-4-5-26-6-8-29(9-7-26)30-14-16-31(17-15-30)38-41-36-34(46-39(44)32-18-10-27(11-19-32)24(2)42)22-23-35(37(36)48-38)47-40(45)33-20-12-28(13-21-33)25(3)43;1-3-16(18)21-12-6-4-5-7-13-22-17(19)14-8-10-15(20-2)11-9-14;1-3-16(17)20-13-7-5-4-6-12-19-15-10-8-14(18-2)9-11-15;1-3-16(17)19-13-7-5-4-6-8-14-9-11-15(18-2)12-10-14;1-3-14(16)19-10-4-5-11-20-15(17)12-6-8-13(18-2)9-7-12;1-3-14(15)18-11-5-4-10-17-13-8-6-12(16-2)7-9-13/h6-9,14-17,22-23,27-28,32-33H,4-5,10-13,18-21H2,1-3H3;3,8-11H,1,4-7,12-13H2,2H3;3,8-11H,1,4-7,12-13H2,2H3;3,14-15H,1,4-13H2,2H3;3,12-13H,1,4-11H2,2H3;3,6-9H,1,4-5,10-11H2,2H3. The zero-order chi connectivity index (χ0) is 107. The number of unbranched alkanes of at least 4 members (excludes halogenated alkanes) is 11. The summed E-state index contributed by atoms with van der Waals surface area (Å²) in [6.07, 6.45) is 39.1. The van der Waals surface area contributed by atoms with Crippen molar-refractivity contribution < 1.29 is 129 Å². The van der Waals surface area contributed by atoms with Gasteiger partial charge < -0.3 is 75.8 Å². The van der Waals surface area contributed by atoms with Gasteiger partial charge in [0.1, 0.15) is 55.5 Å². The minimum atomic E-state index is -0.420. The molecule has 11 rings (SSSR count). The molecular formula is C118H157NO27S. The van der Waals surface area contributed by atoms with Crippen molar-refractivity contribution in [3.05, 3.63) is 208 Å². The quantitative estimate of drug-likeness (QED) is 0.0112. The number of esters is 9. The summed E-state index contributed by atoms with van der Waals surface area (Å²) in [4.78, 5) is 133. The molecule has 4 fully saturated rings. The Kier molecular flexibility index (Phi) is 61.5. The molecule has 4 saturated carbocycles. The predicted molar refractivity (Wildman–Crippen MR) is 569 cm³/mol. The van der Waals surface area contributed by atoms with Crippen LogP contribution in [0.5, 0.6) is 40.2 Å².